The fourth-order valence-electron chi connectivity index (χ4n) is 3.37. The summed E-state index contributed by atoms with van der Waals surface area (Å²) in [4.78, 5) is 2.52. The van der Waals surface area contributed by atoms with Crippen LogP contribution in [0.3, 0.4) is 0 Å². The number of piperidine rings is 1. The van der Waals surface area contributed by atoms with E-state index in [1.807, 2.05) is 12.1 Å². The van der Waals surface area contributed by atoms with Gasteiger partial charge in [-0.15, -0.1) is 0 Å². The van der Waals surface area contributed by atoms with Gasteiger partial charge in [-0.2, -0.15) is 0 Å². The normalized spacial score (nSPS) is 25.6. The van der Waals surface area contributed by atoms with Crippen molar-refractivity contribution >= 4 is 17.3 Å². The molecule has 3 heteroatoms. The Morgan fingerprint density at radius 1 is 1.00 bits per heavy atom. The lowest BCUT2D eigenvalue weighted by Crippen LogP contribution is -2.32. The summed E-state index contributed by atoms with van der Waals surface area (Å²) in [5.74, 6) is 1.83. The van der Waals surface area contributed by atoms with Gasteiger partial charge in [0.1, 0.15) is 0 Å². The lowest BCUT2D eigenvalue weighted by atomic mass is 9.84. The van der Waals surface area contributed by atoms with E-state index in [1.165, 1.54) is 51.1 Å². The zero-order valence-corrected chi connectivity index (χ0v) is 11.5. The number of nitrogens with zero attached hydrogens (tertiary/aromatic N) is 1. The average Bonchev–Trinajstić information content (AvgIpc) is 2.90. The summed E-state index contributed by atoms with van der Waals surface area (Å²) in [6.45, 7) is 4.85. The molecule has 2 aliphatic heterocycles. The van der Waals surface area contributed by atoms with Crippen molar-refractivity contribution < 1.29 is 0 Å². The van der Waals surface area contributed by atoms with Crippen LogP contribution in [0.1, 0.15) is 19.3 Å². The van der Waals surface area contributed by atoms with Gasteiger partial charge in [-0.1, -0.05) is 11.6 Å². The molecule has 2 heterocycles. The topological polar surface area (TPSA) is 15.3 Å². The quantitative estimate of drug-likeness (QED) is 0.883. The van der Waals surface area contributed by atoms with Crippen LogP contribution < -0.4 is 10.2 Å². The van der Waals surface area contributed by atoms with E-state index in [4.69, 9.17) is 11.6 Å². The van der Waals surface area contributed by atoms with Gasteiger partial charge in [0.05, 0.1) is 0 Å². The summed E-state index contributed by atoms with van der Waals surface area (Å²) < 4.78 is 0. The van der Waals surface area contributed by atoms with E-state index in [1.54, 1.807) is 0 Å². The molecular weight excluding hydrogens is 244 g/mol. The highest BCUT2D eigenvalue weighted by Gasteiger charge is 2.30. The molecule has 1 aromatic carbocycles. The molecule has 0 bridgehead atoms. The second-order valence-corrected chi connectivity index (χ2v) is 6.00. The molecule has 0 amide bonds. The van der Waals surface area contributed by atoms with Crippen LogP contribution in [0, 0.1) is 11.8 Å². The predicted molar refractivity (Wildman–Crippen MR) is 77.4 cm³/mol. The molecular formula is C15H21ClN2. The second kappa shape index (κ2) is 5.50. The predicted octanol–water partition coefficient (Wildman–Crippen LogP) is 3.17. The number of halogens is 1. The summed E-state index contributed by atoms with van der Waals surface area (Å²) in [5, 5.41) is 4.29. The van der Waals surface area contributed by atoms with Crippen molar-refractivity contribution in [2.45, 2.75) is 19.3 Å². The maximum absolute atomic E-state index is 5.94. The van der Waals surface area contributed by atoms with E-state index in [0.29, 0.717) is 0 Å². The van der Waals surface area contributed by atoms with E-state index in [0.717, 1.165) is 16.9 Å². The first-order valence-corrected chi connectivity index (χ1v) is 7.42. The molecule has 0 radical (unpaired) electrons. The van der Waals surface area contributed by atoms with Crippen LogP contribution in [0.15, 0.2) is 24.3 Å². The standard InChI is InChI=1S/C15H21ClN2/c16-14-1-3-15(4-2-14)18-10-7-13(11-18)12-5-8-17-9-6-12/h1-4,12-13,17H,5-11H2. The fourth-order valence-corrected chi connectivity index (χ4v) is 3.50. The first kappa shape index (κ1) is 12.3. The monoisotopic (exact) mass is 264 g/mol. The molecule has 1 atom stereocenters. The van der Waals surface area contributed by atoms with Gasteiger partial charge in [0.15, 0.2) is 0 Å². The first-order valence-electron chi connectivity index (χ1n) is 7.04. The van der Waals surface area contributed by atoms with Gasteiger partial charge in [-0.05, 0) is 68.5 Å². The minimum absolute atomic E-state index is 0.827. The van der Waals surface area contributed by atoms with E-state index in [2.05, 4.69) is 22.3 Å². The second-order valence-electron chi connectivity index (χ2n) is 5.56. The Morgan fingerprint density at radius 2 is 1.72 bits per heavy atom. The van der Waals surface area contributed by atoms with Gasteiger partial charge in [0, 0.05) is 23.8 Å². The third-order valence-corrected chi connectivity index (χ3v) is 4.72. The van der Waals surface area contributed by atoms with Crippen LogP contribution in [0.4, 0.5) is 5.69 Å². The van der Waals surface area contributed by atoms with Crippen molar-refractivity contribution in [3.8, 4) is 0 Å². The molecule has 2 fully saturated rings. The van der Waals surface area contributed by atoms with Gasteiger partial charge in [0.25, 0.3) is 0 Å². The summed E-state index contributed by atoms with van der Waals surface area (Å²) in [6.07, 6.45) is 4.07. The molecule has 18 heavy (non-hydrogen) atoms. The van der Waals surface area contributed by atoms with E-state index in [-0.39, 0.29) is 0 Å². The highest BCUT2D eigenvalue weighted by molar-refractivity contribution is 6.30. The molecule has 1 unspecified atom stereocenters. The van der Waals surface area contributed by atoms with E-state index >= 15 is 0 Å². The summed E-state index contributed by atoms with van der Waals surface area (Å²) in [5.41, 5.74) is 1.33. The highest BCUT2D eigenvalue weighted by atomic mass is 35.5. The van der Waals surface area contributed by atoms with Gasteiger partial charge < -0.3 is 10.2 Å². The van der Waals surface area contributed by atoms with Crippen LogP contribution in [0.5, 0.6) is 0 Å². The Bertz CT molecular complexity index is 384. The zero-order chi connectivity index (χ0) is 12.4. The molecule has 3 rings (SSSR count). The third kappa shape index (κ3) is 2.65. The van der Waals surface area contributed by atoms with Crippen LogP contribution >= 0.6 is 11.6 Å². The molecule has 2 aliphatic rings. The van der Waals surface area contributed by atoms with Gasteiger partial charge in [0.2, 0.25) is 0 Å². The average molecular weight is 265 g/mol. The molecule has 98 valence electrons. The Labute approximate surface area is 114 Å². The van der Waals surface area contributed by atoms with Crippen molar-refractivity contribution in [2.24, 2.45) is 11.8 Å². The minimum Gasteiger partial charge on any atom is -0.371 e. The zero-order valence-electron chi connectivity index (χ0n) is 10.7. The molecule has 0 saturated carbocycles. The van der Waals surface area contributed by atoms with Crippen LogP contribution in [-0.2, 0) is 0 Å². The number of hydrogen-bond donors (Lipinski definition) is 1. The van der Waals surface area contributed by atoms with Crippen molar-refractivity contribution in [3.05, 3.63) is 29.3 Å². The van der Waals surface area contributed by atoms with Gasteiger partial charge >= 0.3 is 0 Å². The minimum atomic E-state index is 0.827. The molecule has 1 N–H and O–H groups in total. The number of nitrogens with one attached hydrogen (secondary N) is 1. The Kier molecular flexibility index (Phi) is 3.76. The van der Waals surface area contributed by atoms with E-state index < -0.39 is 0 Å². The lowest BCUT2D eigenvalue weighted by Gasteiger charge is -2.28. The number of anilines is 1. The van der Waals surface area contributed by atoms with Crippen molar-refractivity contribution in [1.82, 2.24) is 5.32 Å². The van der Waals surface area contributed by atoms with Gasteiger partial charge in [-0.25, -0.2) is 0 Å². The highest BCUT2D eigenvalue weighted by Crippen LogP contribution is 2.32. The van der Waals surface area contributed by atoms with Crippen LogP contribution in [-0.4, -0.2) is 26.2 Å². The fraction of sp³-hybridized carbons (Fsp3) is 0.600. The van der Waals surface area contributed by atoms with Crippen LogP contribution in [0.2, 0.25) is 5.02 Å². The van der Waals surface area contributed by atoms with Crippen molar-refractivity contribution in [1.29, 1.82) is 0 Å². The Hall–Kier alpha value is -0.730. The Balaban J connectivity index is 1.62. The smallest absolute Gasteiger partial charge is 0.0407 e. The molecule has 0 spiro atoms. The maximum atomic E-state index is 5.94. The maximum Gasteiger partial charge on any atom is 0.0407 e. The van der Waals surface area contributed by atoms with Gasteiger partial charge in [-0.3, -0.25) is 0 Å². The number of rotatable bonds is 2. The molecule has 1 aromatic rings. The van der Waals surface area contributed by atoms with Crippen LogP contribution in [0.25, 0.3) is 0 Å². The SMILES string of the molecule is Clc1ccc(N2CCC(C3CCNCC3)C2)cc1. The van der Waals surface area contributed by atoms with Crippen molar-refractivity contribution in [3.63, 3.8) is 0 Å². The largest absolute Gasteiger partial charge is 0.371 e. The third-order valence-electron chi connectivity index (χ3n) is 4.47. The first-order chi connectivity index (χ1) is 8.83. The molecule has 0 aliphatic carbocycles. The molecule has 2 saturated heterocycles. The summed E-state index contributed by atoms with van der Waals surface area (Å²) >= 11 is 5.94. The summed E-state index contributed by atoms with van der Waals surface area (Å²) in [7, 11) is 0. The lowest BCUT2D eigenvalue weighted by molar-refractivity contribution is 0.276. The number of hydrogen-bond acceptors (Lipinski definition) is 2. The Morgan fingerprint density at radius 3 is 2.44 bits per heavy atom. The van der Waals surface area contributed by atoms with Crippen molar-refractivity contribution in [2.75, 3.05) is 31.1 Å². The summed E-state index contributed by atoms with van der Waals surface area (Å²) in [6, 6.07) is 8.28. The molecule has 0 aromatic heterocycles. The number of benzene rings is 1. The van der Waals surface area contributed by atoms with E-state index in [9.17, 15) is 0 Å². The molecule has 2 nitrogen and oxygen atoms in total.